The molecular formula is C14H14BrN3O. The molecule has 0 saturated heterocycles. The van der Waals surface area contributed by atoms with Crippen LogP contribution in [-0.2, 0) is 4.79 Å². The van der Waals surface area contributed by atoms with Gasteiger partial charge in [-0.05, 0) is 28.1 Å². The molecule has 1 aromatic heterocycles. The molecule has 2 N–H and O–H groups in total. The number of carbonyl (C=O) groups excluding carboxylic acids is 1. The molecule has 1 amide bonds. The van der Waals surface area contributed by atoms with Gasteiger partial charge in [-0.25, -0.2) is 0 Å². The Morgan fingerprint density at radius 3 is 3.11 bits per heavy atom. The number of carbonyl (C=O) groups is 1. The second-order valence-electron chi connectivity index (χ2n) is 4.00. The van der Waals surface area contributed by atoms with Crippen LogP contribution in [-0.4, -0.2) is 24.0 Å². The van der Waals surface area contributed by atoms with Crippen molar-refractivity contribution in [2.45, 2.75) is 0 Å². The molecule has 0 radical (unpaired) electrons. The number of fused-ring (bicyclic) bond motifs is 1. The second kappa shape index (κ2) is 6.45. The van der Waals surface area contributed by atoms with Gasteiger partial charge in [-0.2, -0.15) is 0 Å². The Hall–Kier alpha value is -1.72. The van der Waals surface area contributed by atoms with Crippen LogP contribution in [0.4, 0.5) is 5.69 Å². The first-order valence-corrected chi connectivity index (χ1v) is 6.66. The normalized spacial score (nSPS) is 10.4. The zero-order chi connectivity index (χ0) is 13.7. The van der Waals surface area contributed by atoms with Crippen molar-refractivity contribution >= 4 is 38.4 Å². The fourth-order valence-corrected chi connectivity index (χ4v) is 2.07. The molecule has 1 aromatic carbocycles. The van der Waals surface area contributed by atoms with E-state index in [9.17, 15) is 4.79 Å². The molecule has 4 nitrogen and oxygen atoms in total. The average molecular weight is 320 g/mol. The standard InChI is InChI=1S/C14H14BrN3O/c1-2-6-16-9-13(19)18-12-5-3-4-10-7-11(15)8-17-14(10)12/h2-5,7-8,16H,1,6,9H2,(H,18,19). The number of rotatable bonds is 5. The van der Waals surface area contributed by atoms with Gasteiger partial charge in [0.15, 0.2) is 0 Å². The molecule has 2 aromatic rings. The molecule has 98 valence electrons. The minimum absolute atomic E-state index is 0.0981. The van der Waals surface area contributed by atoms with Gasteiger partial charge in [0.05, 0.1) is 17.7 Å². The molecular weight excluding hydrogens is 306 g/mol. The fraction of sp³-hybridized carbons (Fsp3) is 0.143. The average Bonchev–Trinajstić information content (AvgIpc) is 2.39. The first-order valence-electron chi connectivity index (χ1n) is 5.86. The summed E-state index contributed by atoms with van der Waals surface area (Å²) in [7, 11) is 0. The summed E-state index contributed by atoms with van der Waals surface area (Å²) in [5, 5.41) is 6.78. The number of nitrogens with one attached hydrogen (secondary N) is 2. The summed E-state index contributed by atoms with van der Waals surface area (Å²) >= 11 is 3.38. The third-order valence-electron chi connectivity index (χ3n) is 2.53. The van der Waals surface area contributed by atoms with Crippen molar-refractivity contribution in [2.75, 3.05) is 18.4 Å². The monoisotopic (exact) mass is 319 g/mol. The summed E-state index contributed by atoms with van der Waals surface area (Å²) in [5.74, 6) is -0.0981. The van der Waals surface area contributed by atoms with E-state index < -0.39 is 0 Å². The predicted octanol–water partition coefficient (Wildman–Crippen LogP) is 2.71. The number of anilines is 1. The molecule has 0 aliphatic carbocycles. The number of aromatic nitrogens is 1. The number of hydrogen-bond acceptors (Lipinski definition) is 3. The summed E-state index contributed by atoms with van der Waals surface area (Å²) in [4.78, 5) is 16.1. The minimum atomic E-state index is -0.0981. The summed E-state index contributed by atoms with van der Waals surface area (Å²) in [6.07, 6.45) is 3.43. The van der Waals surface area contributed by atoms with Crippen LogP contribution in [0, 0.1) is 0 Å². The molecule has 0 saturated carbocycles. The Morgan fingerprint density at radius 1 is 1.47 bits per heavy atom. The highest BCUT2D eigenvalue weighted by Gasteiger charge is 2.06. The third-order valence-corrected chi connectivity index (χ3v) is 2.96. The molecule has 0 spiro atoms. The lowest BCUT2D eigenvalue weighted by Crippen LogP contribution is -2.28. The third kappa shape index (κ3) is 3.62. The highest BCUT2D eigenvalue weighted by atomic mass is 79.9. The number of hydrogen-bond donors (Lipinski definition) is 2. The van der Waals surface area contributed by atoms with Crippen molar-refractivity contribution in [1.82, 2.24) is 10.3 Å². The summed E-state index contributed by atoms with van der Waals surface area (Å²) < 4.78 is 0.913. The summed E-state index contributed by atoms with van der Waals surface area (Å²) in [5.41, 5.74) is 1.50. The Morgan fingerprint density at radius 2 is 2.32 bits per heavy atom. The van der Waals surface area contributed by atoms with Crippen LogP contribution in [0.3, 0.4) is 0 Å². The lowest BCUT2D eigenvalue weighted by Gasteiger charge is -2.08. The van der Waals surface area contributed by atoms with E-state index in [2.05, 4.69) is 38.1 Å². The summed E-state index contributed by atoms with van der Waals surface area (Å²) in [6, 6.07) is 7.66. The molecule has 5 heteroatoms. The number of para-hydroxylation sites is 1. The lowest BCUT2D eigenvalue weighted by molar-refractivity contribution is -0.115. The lowest BCUT2D eigenvalue weighted by atomic mass is 10.2. The van der Waals surface area contributed by atoms with Crippen LogP contribution in [0.1, 0.15) is 0 Å². The van der Waals surface area contributed by atoms with Crippen LogP contribution in [0.5, 0.6) is 0 Å². The molecule has 0 aliphatic heterocycles. The first-order chi connectivity index (χ1) is 9.20. The topological polar surface area (TPSA) is 54.0 Å². The quantitative estimate of drug-likeness (QED) is 0.658. The van der Waals surface area contributed by atoms with Crippen LogP contribution in [0.15, 0.2) is 47.6 Å². The van der Waals surface area contributed by atoms with Gasteiger partial charge in [-0.1, -0.05) is 18.2 Å². The van der Waals surface area contributed by atoms with Gasteiger partial charge in [0.25, 0.3) is 0 Å². The van der Waals surface area contributed by atoms with E-state index in [1.807, 2.05) is 24.3 Å². The number of halogens is 1. The number of pyridine rings is 1. The van der Waals surface area contributed by atoms with E-state index in [1.54, 1.807) is 12.3 Å². The zero-order valence-corrected chi connectivity index (χ0v) is 11.9. The van der Waals surface area contributed by atoms with Gasteiger partial charge >= 0.3 is 0 Å². The Labute approximate surface area is 120 Å². The Kier molecular flexibility index (Phi) is 4.65. The van der Waals surface area contributed by atoms with E-state index in [4.69, 9.17) is 0 Å². The smallest absolute Gasteiger partial charge is 0.238 e. The fourth-order valence-electron chi connectivity index (χ4n) is 1.72. The van der Waals surface area contributed by atoms with Crippen molar-refractivity contribution in [3.8, 4) is 0 Å². The number of benzene rings is 1. The molecule has 2 rings (SSSR count). The maximum Gasteiger partial charge on any atom is 0.238 e. The van der Waals surface area contributed by atoms with E-state index in [1.165, 1.54) is 0 Å². The maximum absolute atomic E-state index is 11.8. The van der Waals surface area contributed by atoms with Gasteiger partial charge in [0.2, 0.25) is 5.91 Å². The molecule has 1 heterocycles. The van der Waals surface area contributed by atoms with E-state index in [0.717, 1.165) is 21.1 Å². The Balaban J connectivity index is 2.16. The van der Waals surface area contributed by atoms with Gasteiger partial charge in [-0.3, -0.25) is 9.78 Å². The van der Waals surface area contributed by atoms with Crippen molar-refractivity contribution < 1.29 is 4.79 Å². The highest BCUT2D eigenvalue weighted by molar-refractivity contribution is 9.10. The minimum Gasteiger partial charge on any atom is -0.323 e. The van der Waals surface area contributed by atoms with Gasteiger partial charge in [-0.15, -0.1) is 6.58 Å². The first kappa shape index (κ1) is 13.7. The highest BCUT2D eigenvalue weighted by Crippen LogP contribution is 2.23. The molecule has 0 atom stereocenters. The molecule has 0 fully saturated rings. The molecule has 0 aliphatic rings. The largest absolute Gasteiger partial charge is 0.323 e. The van der Waals surface area contributed by atoms with E-state index in [-0.39, 0.29) is 12.5 Å². The van der Waals surface area contributed by atoms with Gasteiger partial charge in [0.1, 0.15) is 0 Å². The maximum atomic E-state index is 11.8. The van der Waals surface area contributed by atoms with Crippen LogP contribution in [0.2, 0.25) is 0 Å². The molecule has 19 heavy (non-hydrogen) atoms. The molecule has 0 bridgehead atoms. The van der Waals surface area contributed by atoms with Crippen molar-refractivity contribution in [3.05, 3.63) is 47.6 Å². The van der Waals surface area contributed by atoms with Crippen molar-refractivity contribution in [2.24, 2.45) is 0 Å². The molecule has 0 unspecified atom stereocenters. The van der Waals surface area contributed by atoms with Crippen LogP contribution >= 0.6 is 15.9 Å². The van der Waals surface area contributed by atoms with Crippen LogP contribution < -0.4 is 10.6 Å². The second-order valence-corrected chi connectivity index (χ2v) is 4.91. The van der Waals surface area contributed by atoms with Gasteiger partial charge < -0.3 is 10.6 Å². The van der Waals surface area contributed by atoms with Gasteiger partial charge in [0, 0.05) is 22.6 Å². The number of nitrogens with zero attached hydrogens (tertiary/aromatic N) is 1. The summed E-state index contributed by atoms with van der Waals surface area (Å²) in [6.45, 7) is 4.44. The SMILES string of the molecule is C=CCNCC(=O)Nc1cccc2cc(Br)cnc12. The van der Waals surface area contributed by atoms with E-state index in [0.29, 0.717) is 6.54 Å². The predicted molar refractivity (Wildman–Crippen MR) is 81.1 cm³/mol. The van der Waals surface area contributed by atoms with Crippen molar-refractivity contribution in [1.29, 1.82) is 0 Å². The van der Waals surface area contributed by atoms with Crippen molar-refractivity contribution in [3.63, 3.8) is 0 Å². The van der Waals surface area contributed by atoms with Crippen LogP contribution in [0.25, 0.3) is 10.9 Å². The zero-order valence-electron chi connectivity index (χ0n) is 10.3. The Bertz CT molecular complexity index is 613. The number of amides is 1. The van der Waals surface area contributed by atoms with E-state index >= 15 is 0 Å².